The first-order chi connectivity index (χ1) is 6.63. The summed E-state index contributed by atoms with van der Waals surface area (Å²) in [5.74, 6) is 1.04. The first kappa shape index (κ1) is 11.1. The summed E-state index contributed by atoms with van der Waals surface area (Å²) in [5.41, 5.74) is 1.48. The largest absolute Gasteiger partial charge is 0.489 e. The molecule has 0 saturated heterocycles. The van der Waals surface area contributed by atoms with E-state index in [0.29, 0.717) is 23.7 Å². The Morgan fingerprint density at radius 1 is 1.57 bits per heavy atom. The number of rotatable bonds is 4. The molecule has 0 spiro atoms. The van der Waals surface area contributed by atoms with Crippen LogP contribution in [0.1, 0.15) is 5.56 Å². The predicted octanol–water partition coefficient (Wildman–Crippen LogP) is 3.00. The van der Waals surface area contributed by atoms with E-state index < -0.39 is 0 Å². The summed E-state index contributed by atoms with van der Waals surface area (Å²) in [6, 6.07) is 4.67. The van der Waals surface area contributed by atoms with Gasteiger partial charge in [-0.25, -0.2) is 4.39 Å². The Kier molecular flexibility index (Phi) is 4.01. The number of ether oxygens (including phenoxy) is 1. The number of hydrogen-bond acceptors (Lipinski definition) is 2. The van der Waals surface area contributed by atoms with E-state index in [1.54, 1.807) is 19.1 Å². The van der Waals surface area contributed by atoms with Gasteiger partial charge in [-0.2, -0.15) is 12.6 Å². The van der Waals surface area contributed by atoms with Crippen LogP contribution >= 0.6 is 12.6 Å². The third kappa shape index (κ3) is 3.07. The standard InChI is InChI=1S/C11H13FOS/c1-8(7-14)6-13-10-3-4-11(12)9(2)5-10/h3-5,14H,1,6-7H2,2H3. The molecule has 0 bridgehead atoms. The number of benzene rings is 1. The van der Waals surface area contributed by atoms with Crippen molar-refractivity contribution < 1.29 is 9.13 Å². The maximum Gasteiger partial charge on any atom is 0.126 e. The second kappa shape index (κ2) is 5.05. The third-order valence-corrected chi connectivity index (χ3v) is 2.24. The van der Waals surface area contributed by atoms with Gasteiger partial charge in [0.05, 0.1) is 0 Å². The zero-order valence-corrected chi connectivity index (χ0v) is 8.98. The van der Waals surface area contributed by atoms with E-state index in [4.69, 9.17) is 4.74 Å². The third-order valence-electron chi connectivity index (χ3n) is 1.80. The second-order valence-corrected chi connectivity index (χ2v) is 3.42. The minimum absolute atomic E-state index is 0.217. The van der Waals surface area contributed by atoms with Crippen LogP contribution in [0.5, 0.6) is 5.75 Å². The Labute approximate surface area is 89.0 Å². The molecule has 0 unspecified atom stereocenters. The molecule has 0 atom stereocenters. The topological polar surface area (TPSA) is 9.23 Å². The monoisotopic (exact) mass is 212 g/mol. The number of thiol groups is 1. The summed E-state index contributed by atoms with van der Waals surface area (Å²) in [4.78, 5) is 0. The van der Waals surface area contributed by atoms with Crippen molar-refractivity contribution in [3.05, 3.63) is 41.7 Å². The van der Waals surface area contributed by atoms with Gasteiger partial charge in [0.2, 0.25) is 0 Å². The van der Waals surface area contributed by atoms with E-state index in [-0.39, 0.29) is 5.82 Å². The van der Waals surface area contributed by atoms with Crippen LogP contribution < -0.4 is 4.74 Å². The van der Waals surface area contributed by atoms with Gasteiger partial charge in [-0.05, 0) is 36.3 Å². The minimum Gasteiger partial charge on any atom is -0.489 e. The zero-order chi connectivity index (χ0) is 10.6. The summed E-state index contributed by atoms with van der Waals surface area (Å²) in [6.45, 7) is 5.88. The van der Waals surface area contributed by atoms with Gasteiger partial charge in [0, 0.05) is 5.75 Å². The average molecular weight is 212 g/mol. The molecule has 0 aliphatic carbocycles. The summed E-state index contributed by atoms with van der Waals surface area (Å²) < 4.78 is 18.3. The minimum atomic E-state index is -0.217. The highest BCUT2D eigenvalue weighted by atomic mass is 32.1. The highest BCUT2D eigenvalue weighted by molar-refractivity contribution is 7.80. The lowest BCUT2D eigenvalue weighted by Crippen LogP contribution is -2.01. The molecule has 0 aliphatic rings. The fourth-order valence-electron chi connectivity index (χ4n) is 0.938. The van der Waals surface area contributed by atoms with Gasteiger partial charge in [0.1, 0.15) is 18.2 Å². The molecule has 0 aromatic heterocycles. The lowest BCUT2D eigenvalue weighted by molar-refractivity contribution is 0.352. The van der Waals surface area contributed by atoms with E-state index in [1.807, 2.05) is 0 Å². The molecule has 14 heavy (non-hydrogen) atoms. The first-order valence-electron chi connectivity index (χ1n) is 4.30. The molecule has 76 valence electrons. The van der Waals surface area contributed by atoms with Gasteiger partial charge in [0.25, 0.3) is 0 Å². The number of aryl methyl sites for hydroxylation is 1. The molecule has 0 N–H and O–H groups in total. The molecular formula is C11H13FOS. The van der Waals surface area contributed by atoms with E-state index in [0.717, 1.165) is 5.57 Å². The molecule has 0 aliphatic heterocycles. The fourth-order valence-corrected chi connectivity index (χ4v) is 1.03. The summed E-state index contributed by atoms with van der Waals surface area (Å²) in [7, 11) is 0. The van der Waals surface area contributed by atoms with Crippen LogP contribution in [0, 0.1) is 12.7 Å². The SMILES string of the molecule is C=C(CS)COc1ccc(F)c(C)c1. The highest BCUT2D eigenvalue weighted by Gasteiger charge is 2.00. The van der Waals surface area contributed by atoms with Crippen LogP contribution in [0.15, 0.2) is 30.4 Å². The Bertz CT molecular complexity index is 336. The average Bonchev–Trinajstić information content (AvgIpc) is 2.19. The second-order valence-electron chi connectivity index (χ2n) is 3.11. The van der Waals surface area contributed by atoms with Crippen LogP contribution in [-0.4, -0.2) is 12.4 Å². The van der Waals surface area contributed by atoms with Crippen molar-refractivity contribution in [2.24, 2.45) is 0 Å². The lowest BCUT2D eigenvalue weighted by Gasteiger charge is -2.07. The highest BCUT2D eigenvalue weighted by Crippen LogP contribution is 2.16. The Hall–Kier alpha value is -0.960. The van der Waals surface area contributed by atoms with E-state index >= 15 is 0 Å². The molecule has 1 aromatic carbocycles. The van der Waals surface area contributed by atoms with Crippen molar-refractivity contribution in [2.75, 3.05) is 12.4 Å². The molecule has 0 amide bonds. The van der Waals surface area contributed by atoms with Crippen LogP contribution in [-0.2, 0) is 0 Å². The van der Waals surface area contributed by atoms with Crippen molar-refractivity contribution >= 4 is 12.6 Å². The maximum absolute atomic E-state index is 12.9. The molecule has 1 nitrogen and oxygen atoms in total. The quantitative estimate of drug-likeness (QED) is 0.596. The van der Waals surface area contributed by atoms with E-state index in [2.05, 4.69) is 19.2 Å². The zero-order valence-electron chi connectivity index (χ0n) is 8.09. The van der Waals surface area contributed by atoms with Gasteiger partial charge < -0.3 is 4.74 Å². The molecule has 0 fully saturated rings. The van der Waals surface area contributed by atoms with Crippen molar-refractivity contribution in [1.29, 1.82) is 0 Å². The van der Waals surface area contributed by atoms with Gasteiger partial charge >= 0.3 is 0 Å². The van der Waals surface area contributed by atoms with Crippen LogP contribution in [0.25, 0.3) is 0 Å². The normalized spacial score (nSPS) is 9.93. The summed E-state index contributed by atoms with van der Waals surface area (Å²) in [5, 5.41) is 0. The van der Waals surface area contributed by atoms with Crippen molar-refractivity contribution in [3.8, 4) is 5.75 Å². The first-order valence-corrected chi connectivity index (χ1v) is 4.93. The van der Waals surface area contributed by atoms with Crippen molar-refractivity contribution in [1.82, 2.24) is 0 Å². The number of halogens is 1. The lowest BCUT2D eigenvalue weighted by atomic mass is 10.2. The Morgan fingerprint density at radius 2 is 2.29 bits per heavy atom. The summed E-state index contributed by atoms with van der Waals surface area (Å²) >= 11 is 4.06. The van der Waals surface area contributed by atoms with Crippen molar-refractivity contribution in [2.45, 2.75) is 6.92 Å². The maximum atomic E-state index is 12.9. The van der Waals surface area contributed by atoms with E-state index in [1.165, 1.54) is 6.07 Å². The van der Waals surface area contributed by atoms with Gasteiger partial charge in [-0.3, -0.25) is 0 Å². The fraction of sp³-hybridized carbons (Fsp3) is 0.273. The van der Waals surface area contributed by atoms with Gasteiger partial charge in [0.15, 0.2) is 0 Å². The molecule has 1 aromatic rings. The van der Waals surface area contributed by atoms with Gasteiger partial charge in [-0.15, -0.1) is 0 Å². The predicted molar refractivity (Wildman–Crippen MR) is 59.6 cm³/mol. The molecule has 0 radical (unpaired) electrons. The molecule has 0 heterocycles. The smallest absolute Gasteiger partial charge is 0.126 e. The Balaban J connectivity index is 2.60. The summed E-state index contributed by atoms with van der Waals surface area (Å²) in [6.07, 6.45) is 0. The Morgan fingerprint density at radius 3 is 2.86 bits per heavy atom. The molecule has 0 saturated carbocycles. The van der Waals surface area contributed by atoms with Crippen molar-refractivity contribution in [3.63, 3.8) is 0 Å². The molecule has 1 rings (SSSR count). The van der Waals surface area contributed by atoms with Crippen LogP contribution in [0.4, 0.5) is 4.39 Å². The van der Waals surface area contributed by atoms with Crippen LogP contribution in [0.3, 0.4) is 0 Å². The number of hydrogen-bond donors (Lipinski definition) is 1. The molecular weight excluding hydrogens is 199 g/mol. The van der Waals surface area contributed by atoms with E-state index in [9.17, 15) is 4.39 Å². The van der Waals surface area contributed by atoms with Gasteiger partial charge in [-0.1, -0.05) is 6.58 Å². The van der Waals surface area contributed by atoms with Crippen LogP contribution in [0.2, 0.25) is 0 Å². The molecule has 3 heteroatoms.